The van der Waals surface area contributed by atoms with Crippen LogP contribution in [0, 0.1) is 6.92 Å². The van der Waals surface area contributed by atoms with Crippen molar-refractivity contribution >= 4 is 11.4 Å². The number of hydrogen-bond acceptors (Lipinski definition) is 5. The number of hydrogen-bond donors (Lipinski definition) is 2. The Labute approximate surface area is 116 Å². The highest BCUT2D eigenvalue weighted by molar-refractivity contribution is 6.15. The molecule has 3 heterocycles. The van der Waals surface area contributed by atoms with Crippen molar-refractivity contribution in [3.63, 3.8) is 0 Å². The first-order chi connectivity index (χ1) is 9.66. The summed E-state index contributed by atoms with van der Waals surface area (Å²) < 4.78 is 0. The summed E-state index contributed by atoms with van der Waals surface area (Å²) in [7, 11) is 0. The zero-order valence-corrected chi connectivity index (χ0v) is 11.0. The van der Waals surface area contributed by atoms with Crippen molar-refractivity contribution in [2.45, 2.75) is 6.92 Å². The highest BCUT2D eigenvalue weighted by atomic mass is 16.3. The first-order valence-corrected chi connectivity index (χ1v) is 6.27. The molecule has 5 nitrogen and oxygen atoms in total. The van der Waals surface area contributed by atoms with Crippen LogP contribution in [0.1, 0.15) is 22.4 Å². The predicted octanol–water partition coefficient (Wildman–Crippen LogP) is 1.64. The maximum absolute atomic E-state index is 10.1. The van der Waals surface area contributed by atoms with Crippen LogP contribution in [0.3, 0.4) is 0 Å². The first kappa shape index (κ1) is 12.3. The van der Waals surface area contributed by atoms with E-state index < -0.39 is 0 Å². The highest BCUT2D eigenvalue weighted by Crippen LogP contribution is 2.25. The Hall–Kier alpha value is -2.69. The molecule has 3 N–H and O–H groups in total. The molecule has 0 unspecified atom stereocenters. The molecule has 0 aliphatic carbocycles. The molecule has 0 bridgehead atoms. The fraction of sp³-hybridized carbons (Fsp3) is 0.133. The molecule has 0 amide bonds. The molecular weight excluding hydrogens is 252 g/mol. The molecule has 1 aliphatic rings. The lowest BCUT2D eigenvalue weighted by atomic mass is 10.0. The van der Waals surface area contributed by atoms with Crippen LogP contribution in [-0.2, 0) is 0 Å². The van der Waals surface area contributed by atoms with E-state index in [1.807, 2.05) is 19.1 Å². The van der Waals surface area contributed by atoms with Crippen molar-refractivity contribution < 1.29 is 5.11 Å². The minimum Gasteiger partial charge on any atom is -0.506 e. The number of pyridine rings is 2. The smallest absolute Gasteiger partial charge is 0.143 e. The average molecular weight is 266 g/mol. The van der Waals surface area contributed by atoms with Crippen LogP contribution in [0.25, 0.3) is 5.70 Å². The van der Waals surface area contributed by atoms with Crippen LogP contribution >= 0.6 is 0 Å². The van der Waals surface area contributed by atoms with Gasteiger partial charge in [0.15, 0.2) is 0 Å². The predicted molar refractivity (Wildman–Crippen MR) is 77.5 cm³/mol. The maximum Gasteiger partial charge on any atom is 0.143 e. The van der Waals surface area contributed by atoms with E-state index in [1.54, 1.807) is 24.7 Å². The van der Waals surface area contributed by atoms with Crippen LogP contribution in [0.15, 0.2) is 41.8 Å². The largest absolute Gasteiger partial charge is 0.506 e. The van der Waals surface area contributed by atoms with Gasteiger partial charge in [-0.05, 0) is 30.7 Å². The second kappa shape index (κ2) is 4.77. The molecule has 2 aromatic heterocycles. The summed E-state index contributed by atoms with van der Waals surface area (Å²) in [5.41, 5.74) is 10.3. The molecule has 3 rings (SSSR count). The van der Waals surface area contributed by atoms with Gasteiger partial charge in [0, 0.05) is 35.4 Å². The first-order valence-electron chi connectivity index (χ1n) is 6.27. The van der Waals surface area contributed by atoms with E-state index in [9.17, 15) is 5.11 Å². The van der Waals surface area contributed by atoms with E-state index in [4.69, 9.17) is 5.73 Å². The average Bonchev–Trinajstić information content (AvgIpc) is 2.60. The Morgan fingerprint density at radius 3 is 2.90 bits per heavy atom. The van der Waals surface area contributed by atoms with Gasteiger partial charge in [-0.25, -0.2) is 0 Å². The molecule has 0 spiro atoms. The lowest BCUT2D eigenvalue weighted by Gasteiger charge is -2.11. The second-order valence-electron chi connectivity index (χ2n) is 4.65. The van der Waals surface area contributed by atoms with Crippen molar-refractivity contribution in [2.24, 2.45) is 10.7 Å². The fourth-order valence-electron chi connectivity index (χ4n) is 2.20. The second-order valence-corrected chi connectivity index (χ2v) is 4.65. The van der Waals surface area contributed by atoms with Crippen LogP contribution in [0.2, 0.25) is 0 Å². The van der Waals surface area contributed by atoms with Crippen LogP contribution in [0.5, 0.6) is 5.75 Å². The van der Waals surface area contributed by atoms with Crippen molar-refractivity contribution in [1.82, 2.24) is 9.97 Å². The minimum atomic E-state index is 0.118. The molecule has 1 aliphatic heterocycles. The summed E-state index contributed by atoms with van der Waals surface area (Å²) in [6.45, 7) is 2.33. The third-order valence-corrected chi connectivity index (χ3v) is 3.18. The Balaban J connectivity index is 2.20. The highest BCUT2D eigenvalue weighted by Gasteiger charge is 2.19. The molecule has 100 valence electrons. The van der Waals surface area contributed by atoms with E-state index >= 15 is 0 Å². The van der Waals surface area contributed by atoms with E-state index in [0.717, 1.165) is 16.7 Å². The van der Waals surface area contributed by atoms with Gasteiger partial charge in [0.1, 0.15) is 11.4 Å². The SMILES string of the molecule is Cc1cnc(C2=NCC=C(N)c3cnccc32)c(O)c1. The van der Waals surface area contributed by atoms with E-state index in [-0.39, 0.29) is 5.75 Å². The molecule has 0 radical (unpaired) electrons. The van der Waals surface area contributed by atoms with Gasteiger partial charge in [-0.3, -0.25) is 15.0 Å². The quantitative estimate of drug-likeness (QED) is 0.821. The monoisotopic (exact) mass is 266 g/mol. The number of rotatable bonds is 1. The topological polar surface area (TPSA) is 84.4 Å². The summed E-state index contributed by atoms with van der Waals surface area (Å²) in [5, 5.41) is 10.1. The maximum atomic E-state index is 10.1. The van der Waals surface area contributed by atoms with Gasteiger partial charge in [-0.15, -0.1) is 0 Å². The molecule has 0 saturated heterocycles. The van der Waals surface area contributed by atoms with E-state index in [0.29, 0.717) is 23.6 Å². The number of nitrogens with zero attached hydrogens (tertiary/aromatic N) is 3. The van der Waals surface area contributed by atoms with Crippen molar-refractivity contribution in [3.05, 3.63) is 59.2 Å². The summed E-state index contributed by atoms with van der Waals surface area (Å²) in [6, 6.07) is 3.51. The number of nitrogens with two attached hydrogens (primary N) is 1. The molecule has 0 aromatic carbocycles. The molecule has 0 fully saturated rings. The zero-order valence-electron chi connectivity index (χ0n) is 11.0. The third kappa shape index (κ3) is 2.03. The van der Waals surface area contributed by atoms with Gasteiger partial charge < -0.3 is 10.8 Å². The van der Waals surface area contributed by atoms with E-state index in [2.05, 4.69) is 15.0 Å². The van der Waals surface area contributed by atoms with Crippen molar-refractivity contribution in [1.29, 1.82) is 0 Å². The molecule has 0 saturated carbocycles. The van der Waals surface area contributed by atoms with Gasteiger partial charge in [0.25, 0.3) is 0 Å². The van der Waals surface area contributed by atoms with Gasteiger partial charge >= 0.3 is 0 Å². The number of aryl methyl sites for hydroxylation is 1. The number of aromatic nitrogens is 2. The number of fused-ring (bicyclic) bond motifs is 1. The van der Waals surface area contributed by atoms with Crippen LogP contribution in [0.4, 0.5) is 0 Å². The molecule has 0 atom stereocenters. The number of aromatic hydroxyl groups is 1. The van der Waals surface area contributed by atoms with Gasteiger partial charge in [-0.2, -0.15) is 0 Å². The molecule has 2 aromatic rings. The lowest BCUT2D eigenvalue weighted by Crippen LogP contribution is -2.10. The fourth-order valence-corrected chi connectivity index (χ4v) is 2.20. The minimum absolute atomic E-state index is 0.118. The van der Waals surface area contributed by atoms with Gasteiger partial charge in [-0.1, -0.05) is 0 Å². The standard InChI is InChI=1S/C15H14N4O/c1-9-6-13(20)15(19-7-9)14-10-2-4-17-8-11(10)12(16)3-5-18-14/h2-4,6-8,20H,5,16H2,1H3. The summed E-state index contributed by atoms with van der Waals surface area (Å²) >= 11 is 0. The van der Waals surface area contributed by atoms with Crippen LogP contribution < -0.4 is 5.73 Å². The summed E-state index contributed by atoms with van der Waals surface area (Å²) in [4.78, 5) is 12.9. The van der Waals surface area contributed by atoms with Crippen molar-refractivity contribution in [3.8, 4) is 5.75 Å². The van der Waals surface area contributed by atoms with Gasteiger partial charge in [0.05, 0.1) is 12.3 Å². The normalized spacial score (nSPS) is 14.1. The molecule has 20 heavy (non-hydrogen) atoms. The summed E-state index contributed by atoms with van der Waals surface area (Å²) in [5.74, 6) is 0.118. The van der Waals surface area contributed by atoms with Crippen molar-refractivity contribution in [2.75, 3.05) is 6.54 Å². The Kier molecular flexibility index (Phi) is 2.95. The summed E-state index contributed by atoms with van der Waals surface area (Å²) in [6.07, 6.45) is 6.92. The lowest BCUT2D eigenvalue weighted by molar-refractivity contribution is 0.471. The van der Waals surface area contributed by atoms with E-state index in [1.165, 1.54) is 0 Å². The zero-order chi connectivity index (χ0) is 14.1. The number of aliphatic imine (C=N–C) groups is 1. The van der Waals surface area contributed by atoms with Crippen LogP contribution in [-0.4, -0.2) is 27.3 Å². The molecular formula is C15H14N4O. The van der Waals surface area contributed by atoms with Gasteiger partial charge in [0.2, 0.25) is 0 Å². The third-order valence-electron chi connectivity index (χ3n) is 3.18. The Morgan fingerprint density at radius 1 is 1.25 bits per heavy atom. The Morgan fingerprint density at radius 2 is 2.10 bits per heavy atom. The Bertz CT molecular complexity index is 734. The molecule has 5 heteroatoms.